The highest BCUT2D eigenvalue weighted by molar-refractivity contribution is 7.09. The van der Waals surface area contributed by atoms with Gasteiger partial charge in [-0.1, -0.05) is 25.0 Å². The largest absolute Gasteiger partial charge is 0.497 e. The molecule has 0 spiro atoms. The second-order valence-corrected chi connectivity index (χ2v) is 10.8. The van der Waals surface area contributed by atoms with Gasteiger partial charge in [-0.15, -0.1) is 0 Å². The Balaban J connectivity index is 1.61. The molecule has 1 aliphatic carbocycles. The number of nitrogen functional groups attached to an aromatic ring is 1. The highest BCUT2D eigenvalue weighted by atomic mass is 32.1. The number of carbonyl (C=O) groups excluding carboxylic acids is 2. The number of anilines is 2. The maximum Gasteiger partial charge on any atom is 0.273 e. The first kappa shape index (κ1) is 29.1. The van der Waals surface area contributed by atoms with Crippen LogP contribution in [0.1, 0.15) is 53.9 Å². The molecule has 0 unspecified atom stereocenters. The number of nitrogens with one attached hydrogen (secondary N) is 1. The average molecular weight is 589 g/mol. The number of ether oxygens (including phenoxy) is 2. The van der Waals surface area contributed by atoms with Crippen LogP contribution >= 0.6 is 11.5 Å². The fraction of sp³-hybridized carbons (Fsp3) is 0.281. The van der Waals surface area contributed by atoms with Crippen LogP contribution in [0.3, 0.4) is 0 Å². The van der Waals surface area contributed by atoms with Crippen molar-refractivity contribution in [1.29, 1.82) is 0 Å². The molecule has 1 fully saturated rings. The lowest BCUT2D eigenvalue weighted by atomic mass is 10.0. The Labute approximate surface area is 248 Å². The second-order valence-electron chi connectivity index (χ2n) is 10.0. The van der Waals surface area contributed by atoms with E-state index in [4.69, 9.17) is 15.2 Å². The summed E-state index contributed by atoms with van der Waals surface area (Å²) in [5.74, 6) is 0.103. The maximum absolute atomic E-state index is 14.5. The first-order chi connectivity index (χ1) is 20.4. The van der Waals surface area contributed by atoms with E-state index >= 15 is 0 Å². The minimum absolute atomic E-state index is 0.0362. The molecule has 5 rings (SSSR count). The molecule has 42 heavy (non-hydrogen) atoms. The number of hydrogen-bond donors (Lipinski definition) is 2. The van der Waals surface area contributed by atoms with E-state index in [1.54, 1.807) is 67.8 Å². The van der Waals surface area contributed by atoms with Crippen molar-refractivity contribution in [2.45, 2.75) is 44.7 Å². The number of aromatic nitrogens is 1. The van der Waals surface area contributed by atoms with Gasteiger partial charge in [-0.3, -0.25) is 14.5 Å². The molecule has 1 aromatic heterocycles. The summed E-state index contributed by atoms with van der Waals surface area (Å²) >= 11 is 0.945. The van der Waals surface area contributed by atoms with Gasteiger partial charge in [0.1, 0.15) is 33.9 Å². The summed E-state index contributed by atoms with van der Waals surface area (Å²) in [4.78, 5) is 30.2. The van der Waals surface area contributed by atoms with Crippen LogP contribution in [0.2, 0.25) is 0 Å². The molecule has 0 bridgehead atoms. The molecular formula is C32H33FN4O4S. The Hall–Kier alpha value is -4.44. The van der Waals surface area contributed by atoms with Gasteiger partial charge in [-0.25, -0.2) is 4.39 Å². The lowest BCUT2D eigenvalue weighted by Crippen LogP contribution is -2.46. The van der Waals surface area contributed by atoms with E-state index in [1.165, 1.54) is 17.0 Å². The third-order valence-electron chi connectivity index (χ3n) is 7.32. The van der Waals surface area contributed by atoms with Crippen LogP contribution in [0.4, 0.5) is 15.8 Å². The van der Waals surface area contributed by atoms with Crippen LogP contribution in [-0.4, -0.2) is 35.9 Å². The maximum atomic E-state index is 14.5. The van der Waals surface area contributed by atoms with Crippen molar-refractivity contribution >= 4 is 34.7 Å². The molecule has 1 atom stereocenters. The van der Waals surface area contributed by atoms with Crippen molar-refractivity contribution in [2.24, 2.45) is 0 Å². The minimum atomic E-state index is -1.02. The summed E-state index contributed by atoms with van der Waals surface area (Å²) < 4.78 is 29.0. The molecular weight excluding hydrogens is 555 g/mol. The Morgan fingerprint density at radius 3 is 2.29 bits per heavy atom. The molecule has 4 aromatic rings. The standard InChI is InChI=1S/C32H33FN4O4S/c1-3-41-26-18-14-24(15-19-26)37(32(39)30-27(34)28(36-42-30)20-8-12-22(33)13-9-20)29(21-10-16-25(40-2)17-11-21)31(38)35-23-6-4-5-7-23/h8-19,23,29H,3-7,34H2,1-2H3,(H,35,38)/t29-/m1/s1. The van der Waals surface area contributed by atoms with E-state index in [0.29, 0.717) is 40.6 Å². The Morgan fingerprint density at radius 2 is 1.67 bits per heavy atom. The second kappa shape index (κ2) is 13.0. The highest BCUT2D eigenvalue weighted by Crippen LogP contribution is 2.37. The number of nitrogens with two attached hydrogens (primary N) is 1. The lowest BCUT2D eigenvalue weighted by Gasteiger charge is -2.32. The van der Waals surface area contributed by atoms with Crippen LogP contribution in [0, 0.1) is 5.82 Å². The van der Waals surface area contributed by atoms with Gasteiger partial charge < -0.3 is 20.5 Å². The van der Waals surface area contributed by atoms with Gasteiger partial charge in [-0.2, -0.15) is 4.37 Å². The summed E-state index contributed by atoms with van der Waals surface area (Å²) in [6.45, 7) is 2.38. The van der Waals surface area contributed by atoms with E-state index in [1.807, 2.05) is 6.92 Å². The van der Waals surface area contributed by atoms with E-state index < -0.39 is 11.9 Å². The fourth-order valence-electron chi connectivity index (χ4n) is 5.18. The zero-order valence-corrected chi connectivity index (χ0v) is 24.3. The first-order valence-corrected chi connectivity index (χ1v) is 14.7. The topological polar surface area (TPSA) is 107 Å². The van der Waals surface area contributed by atoms with Crippen molar-refractivity contribution in [3.8, 4) is 22.8 Å². The zero-order chi connectivity index (χ0) is 29.6. The van der Waals surface area contributed by atoms with Crippen LogP contribution in [0.5, 0.6) is 11.5 Å². The number of methoxy groups -OCH3 is 1. The summed E-state index contributed by atoms with van der Waals surface area (Å²) in [7, 11) is 1.57. The van der Waals surface area contributed by atoms with E-state index in [2.05, 4.69) is 9.69 Å². The van der Waals surface area contributed by atoms with E-state index in [-0.39, 0.29) is 28.3 Å². The molecule has 3 aromatic carbocycles. The lowest BCUT2D eigenvalue weighted by molar-refractivity contribution is -0.123. The predicted molar refractivity (Wildman–Crippen MR) is 162 cm³/mol. The van der Waals surface area contributed by atoms with Crippen molar-refractivity contribution in [1.82, 2.24) is 9.69 Å². The number of amides is 2. The smallest absolute Gasteiger partial charge is 0.273 e. The Bertz CT molecular complexity index is 1520. The molecule has 1 saturated carbocycles. The van der Waals surface area contributed by atoms with Crippen LogP contribution in [0.25, 0.3) is 11.3 Å². The third kappa shape index (κ3) is 6.23. The molecule has 0 radical (unpaired) electrons. The van der Waals surface area contributed by atoms with Crippen LogP contribution in [-0.2, 0) is 4.79 Å². The molecule has 8 nitrogen and oxygen atoms in total. The molecule has 218 valence electrons. The van der Waals surface area contributed by atoms with Gasteiger partial charge >= 0.3 is 0 Å². The average Bonchev–Trinajstić information content (AvgIpc) is 3.66. The Morgan fingerprint density at radius 1 is 1.02 bits per heavy atom. The fourth-order valence-corrected chi connectivity index (χ4v) is 5.94. The van der Waals surface area contributed by atoms with Gasteiger partial charge in [0.25, 0.3) is 5.91 Å². The summed E-state index contributed by atoms with van der Waals surface area (Å²) in [5, 5.41) is 3.18. The monoisotopic (exact) mass is 588 g/mol. The number of rotatable bonds is 10. The van der Waals surface area contributed by atoms with E-state index in [9.17, 15) is 14.0 Å². The Kier molecular flexibility index (Phi) is 9.02. The first-order valence-electron chi connectivity index (χ1n) is 13.9. The molecule has 3 N–H and O–H groups in total. The van der Waals surface area contributed by atoms with Crippen LogP contribution in [0.15, 0.2) is 72.8 Å². The normalized spacial score (nSPS) is 13.9. The minimum Gasteiger partial charge on any atom is -0.497 e. The number of carbonyl (C=O) groups is 2. The zero-order valence-electron chi connectivity index (χ0n) is 23.5. The van der Waals surface area contributed by atoms with E-state index in [0.717, 1.165) is 37.2 Å². The van der Waals surface area contributed by atoms with Gasteiger partial charge in [0.05, 0.1) is 19.4 Å². The summed E-state index contributed by atoms with van der Waals surface area (Å²) in [6, 6.07) is 18.9. The number of nitrogens with zero attached hydrogens (tertiary/aromatic N) is 2. The predicted octanol–water partition coefficient (Wildman–Crippen LogP) is 6.39. The SMILES string of the molecule is CCOc1ccc(N(C(=O)c2snc(-c3ccc(F)cc3)c2N)[C@@H](C(=O)NC2CCCC2)c2ccc(OC)cc2)cc1. The number of hydrogen-bond acceptors (Lipinski definition) is 7. The van der Waals surface area contributed by atoms with Gasteiger partial charge in [-0.05, 0) is 97.5 Å². The molecule has 10 heteroatoms. The van der Waals surface area contributed by atoms with Crippen molar-refractivity contribution in [2.75, 3.05) is 24.4 Å². The number of halogens is 1. The molecule has 1 aliphatic rings. The van der Waals surface area contributed by atoms with Crippen LogP contribution < -0.4 is 25.4 Å². The highest BCUT2D eigenvalue weighted by Gasteiger charge is 2.37. The van der Waals surface area contributed by atoms with Crippen molar-refractivity contribution in [3.05, 3.63) is 89.1 Å². The molecule has 0 saturated heterocycles. The van der Waals surface area contributed by atoms with Gasteiger partial charge in [0.15, 0.2) is 0 Å². The number of benzene rings is 3. The quantitative estimate of drug-likeness (QED) is 0.223. The van der Waals surface area contributed by atoms with Crippen molar-refractivity contribution in [3.63, 3.8) is 0 Å². The van der Waals surface area contributed by atoms with Crippen molar-refractivity contribution < 1.29 is 23.5 Å². The van der Waals surface area contributed by atoms with Gasteiger partial charge in [0, 0.05) is 17.3 Å². The summed E-state index contributed by atoms with van der Waals surface area (Å²) in [5.41, 5.74) is 8.73. The third-order valence-corrected chi connectivity index (χ3v) is 8.18. The molecule has 0 aliphatic heterocycles. The van der Waals surface area contributed by atoms with Gasteiger partial charge in [0.2, 0.25) is 5.91 Å². The molecule has 2 amide bonds. The summed E-state index contributed by atoms with van der Waals surface area (Å²) in [6.07, 6.45) is 3.87. The molecule has 1 heterocycles.